The lowest BCUT2D eigenvalue weighted by Gasteiger charge is -2.09. The first-order valence-electron chi connectivity index (χ1n) is 6.60. The van der Waals surface area contributed by atoms with Gasteiger partial charge in [-0.25, -0.2) is 4.98 Å². The van der Waals surface area contributed by atoms with Gasteiger partial charge in [-0.15, -0.1) is 11.3 Å². The van der Waals surface area contributed by atoms with E-state index in [2.05, 4.69) is 24.1 Å². The molecule has 1 aromatic heterocycles. The van der Waals surface area contributed by atoms with E-state index in [0.717, 1.165) is 24.3 Å². The number of hydrogen-bond donors (Lipinski definition) is 1. The summed E-state index contributed by atoms with van der Waals surface area (Å²) in [6.07, 6.45) is 4.06. The Bertz CT molecular complexity index is 414. The number of nitrogens with zero attached hydrogens (tertiary/aromatic N) is 1. The fourth-order valence-corrected chi connectivity index (χ4v) is 2.66. The molecule has 1 aliphatic rings. The number of aromatic nitrogens is 1. The van der Waals surface area contributed by atoms with Gasteiger partial charge in [-0.2, -0.15) is 0 Å². The number of anilines is 1. The van der Waals surface area contributed by atoms with Crippen molar-refractivity contribution in [1.82, 2.24) is 4.98 Å². The SMILES string of the molecule is CC(C)c1cnc(NC(=O)COC[C@H]2CCCO2)s1. The molecule has 0 unspecified atom stereocenters. The zero-order valence-corrected chi connectivity index (χ0v) is 12.2. The molecule has 1 saturated heterocycles. The van der Waals surface area contributed by atoms with Crippen molar-refractivity contribution in [2.24, 2.45) is 0 Å². The summed E-state index contributed by atoms with van der Waals surface area (Å²) in [6.45, 7) is 5.55. The van der Waals surface area contributed by atoms with Crippen LogP contribution in [-0.2, 0) is 14.3 Å². The van der Waals surface area contributed by atoms with E-state index in [1.807, 2.05) is 0 Å². The van der Waals surface area contributed by atoms with Crippen molar-refractivity contribution in [3.8, 4) is 0 Å². The Kier molecular flexibility index (Phi) is 5.30. The molecule has 1 atom stereocenters. The largest absolute Gasteiger partial charge is 0.376 e. The zero-order valence-electron chi connectivity index (χ0n) is 11.3. The van der Waals surface area contributed by atoms with Crippen LogP contribution in [0.25, 0.3) is 0 Å². The highest BCUT2D eigenvalue weighted by Gasteiger charge is 2.16. The van der Waals surface area contributed by atoms with E-state index in [1.54, 1.807) is 6.20 Å². The van der Waals surface area contributed by atoms with Crippen LogP contribution in [0.4, 0.5) is 5.13 Å². The lowest BCUT2D eigenvalue weighted by Crippen LogP contribution is -2.22. The van der Waals surface area contributed by atoms with Gasteiger partial charge in [0.15, 0.2) is 5.13 Å². The average molecular weight is 284 g/mol. The predicted molar refractivity (Wildman–Crippen MR) is 74.6 cm³/mol. The molecule has 19 heavy (non-hydrogen) atoms. The Morgan fingerprint density at radius 3 is 3.16 bits per heavy atom. The molecule has 2 heterocycles. The number of ether oxygens (including phenoxy) is 2. The van der Waals surface area contributed by atoms with Crippen molar-refractivity contribution >= 4 is 22.4 Å². The van der Waals surface area contributed by atoms with Crippen LogP contribution >= 0.6 is 11.3 Å². The molecule has 0 aromatic carbocycles. The summed E-state index contributed by atoms with van der Waals surface area (Å²) in [5.41, 5.74) is 0. The van der Waals surface area contributed by atoms with E-state index in [9.17, 15) is 4.79 Å². The molecule has 1 amide bonds. The molecule has 1 aliphatic heterocycles. The van der Waals surface area contributed by atoms with Gasteiger partial charge in [0.25, 0.3) is 5.91 Å². The molecule has 0 bridgehead atoms. The van der Waals surface area contributed by atoms with Gasteiger partial charge in [-0.1, -0.05) is 13.8 Å². The summed E-state index contributed by atoms with van der Waals surface area (Å²) in [6, 6.07) is 0. The molecule has 0 spiro atoms. The number of rotatable bonds is 6. The minimum atomic E-state index is -0.164. The van der Waals surface area contributed by atoms with Crippen LogP contribution in [-0.4, -0.2) is 36.8 Å². The van der Waals surface area contributed by atoms with E-state index >= 15 is 0 Å². The number of hydrogen-bond acceptors (Lipinski definition) is 5. The summed E-state index contributed by atoms with van der Waals surface area (Å²) >= 11 is 1.50. The Morgan fingerprint density at radius 1 is 1.68 bits per heavy atom. The van der Waals surface area contributed by atoms with Crippen LogP contribution in [0.15, 0.2) is 6.20 Å². The fourth-order valence-electron chi connectivity index (χ4n) is 1.83. The molecule has 6 heteroatoms. The molecule has 0 radical (unpaired) electrons. The Morgan fingerprint density at radius 2 is 2.53 bits per heavy atom. The highest BCUT2D eigenvalue weighted by molar-refractivity contribution is 7.15. The molecule has 0 saturated carbocycles. The van der Waals surface area contributed by atoms with Crippen LogP contribution in [0.2, 0.25) is 0 Å². The Labute approximate surface area is 117 Å². The van der Waals surface area contributed by atoms with Crippen LogP contribution in [0.3, 0.4) is 0 Å². The van der Waals surface area contributed by atoms with Gasteiger partial charge < -0.3 is 9.47 Å². The molecule has 106 valence electrons. The summed E-state index contributed by atoms with van der Waals surface area (Å²) in [4.78, 5) is 17.0. The van der Waals surface area contributed by atoms with Crippen LogP contribution in [0, 0.1) is 0 Å². The number of nitrogens with one attached hydrogen (secondary N) is 1. The minimum absolute atomic E-state index is 0.0520. The Hall–Kier alpha value is -0.980. The van der Waals surface area contributed by atoms with E-state index in [0.29, 0.717) is 17.7 Å². The first-order valence-corrected chi connectivity index (χ1v) is 7.41. The predicted octanol–water partition coefficient (Wildman–Crippen LogP) is 2.40. The average Bonchev–Trinajstić information content (AvgIpc) is 3.00. The number of carbonyl (C=O) groups excluding carboxylic acids is 1. The number of amides is 1. The lowest BCUT2D eigenvalue weighted by molar-refractivity contribution is -0.121. The van der Waals surface area contributed by atoms with Crippen molar-refractivity contribution in [2.75, 3.05) is 25.1 Å². The third kappa shape index (κ3) is 4.56. The van der Waals surface area contributed by atoms with Gasteiger partial charge in [0, 0.05) is 17.7 Å². The molecule has 1 N–H and O–H groups in total. The first-order chi connectivity index (χ1) is 9.15. The summed E-state index contributed by atoms with van der Waals surface area (Å²) in [5.74, 6) is 0.265. The van der Waals surface area contributed by atoms with E-state index in [1.165, 1.54) is 11.3 Å². The zero-order chi connectivity index (χ0) is 13.7. The minimum Gasteiger partial charge on any atom is -0.376 e. The van der Waals surface area contributed by atoms with Gasteiger partial charge in [0.2, 0.25) is 0 Å². The van der Waals surface area contributed by atoms with Crippen molar-refractivity contribution in [1.29, 1.82) is 0 Å². The molecule has 5 nitrogen and oxygen atoms in total. The van der Waals surface area contributed by atoms with Crippen LogP contribution in [0.5, 0.6) is 0 Å². The second-order valence-electron chi connectivity index (χ2n) is 4.92. The number of carbonyl (C=O) groups is 1. The molecular formula is C13H20N2O3S. The van der Waals surface area contributed by atoms with E-state index in [4.69, 9.17) is 9.47 Å². The molecule has 0 aliphatic carbocycles. The number of thiazole rings is 1. The monoisotopic (exact) mass is 284 g/mol. The second kappa shape index (κ2) is 6.98. The van der Waals surface area contributed by atoms with E-state index < -0.39 is 0 Å². The maximum atomic E-state index is 11.7. The maximum Gasteiger partial charge on any atom is 0.252 e. The second-order valence-corrected chi connectivity index (χ2v) is 5.98. The summed E-state index contributed by atoms with van der Waals surface area (Å²) < 4.78 is 10.8. The maximum absolute atomic E-state index is 11.7. The smallest absolute Gasteiger partial charge is 0.252 e. The molecule has 2 rings (SSSR count). The molecule has 1 fully saturated rings. The van der Waals surface area contributed by atoms with Gasteiger partial charge in [0.1, 0.15) is 6.61 Å². The van der Waals surface area contributed by atoms with Crippen molar-refractivity contribution < 1.29 is 14.3 Å². The Balaban J connectivity index is 1.68. The van der Waals surface area contributed by atoms with Gasteiger partial charge in [-0.05, 0) is 18.8 Å². The highest BCUT2D eigenvalue weighted by Crippen LogP contribution is 2.24. The fraction of sp³-hybridized carbons (Fsp3) is 0.692. The lowest BCUT2D eigenvalue weighted by atomic mass is 10.2. The normalized spacial score (nSPS) is 19.0. The van der Waals surface area contributed by atoms with Gasteiger partial charge in [0.05, 0.1) is 12.7 Å². The standard InChI is InChI=1S/C13H20N2O3S/c1-9(2)11-6-14-13(19-11)15-12(16)8-17-7-10-4-3-5-18-10/h6,9-10H,3-5,7-8H2,1-2H3,(H,14,15,16)/t10-/m1/s1. The third-order valence-corrected chi connectivity index (χ3v) is 4.11. The molecule has 1 aromatic rings. The van der Waals surface area contributed by atoms with Crippen LogP contribution < -0.4 is 5.32 Å². The van der Waals surface area contributed by atoms with Crippen molar-refractivity contribution in [3.05, 3.63) is 11.1 Å². The van der Waals surface area contributed by atoms with Gasteiger partial charge >= 0.3 is 0 Å². The quantitative estimate of drug-likeness (QED) is 0.871. The molecular weight excluding hydrogens is 264 g/mol. The third-order valence-electron chi connectivity index (χ3n) is 2.90. The first kappa shape index (κ1) is 14.4. The summed E-state index contributed by atoms with van der Waals surface area (Å²) in [5, 5.41) is 3.38. The topological polar surface area (TPSA) is 60.5 Å². The van der Waals surface area contributed by atoms with Crippen molar-refractivity contribution in [2.45, 2.75) is 38.7 Å². The summed E-state index contributed by atoms with van der Waals surface area (Å²) in [7, 11) is 0. The van der Waals surface area contributed by atoms with E-state index in [-0.39, 0.29) is 18.6 Å². The highest BCUT2D eigenvalue weighted by atomic mass is 32.1. The van der Waals surface area contributed by atoms with Gasteiger partial charge in [-0.3, -0.25) is 10.1 Å². The van der Waals surface area contributed by atoms with Crippen molar-refractivity contribution in [3.63, 3.8) is 0 Å². The van der Waals surface area contributed by atoms with Crippen LogP contribution in [0.1, 0.15) is 37.5 Å².